The van der Waals surface area contributed by atoms with Crippen molar-refractivity contribution in [3.63, 3.8) is 0 Å². The summed E-state index contributed by atoms with van der Waals surface area (Å²) in [5.41, 5.74) is 4.08. The summed E-state index contributed by atoms with van der Waals surface area (Å²) in [5, 5.41) is 2.60. The Labute approximate surface area is 190 Å². The molecule has 0 aliphatic carbocycles. The van der Waals surface area contributed by atoms with E-state index in [1.54, 1.807) is 13.1 Å². The molecule has 1 fully saturated rings. The van der Waals surface area contributed by atoms with Crippen LogP contribution < -0.4 is 5.32 Å². The van der Waals surface area contributed by atoms with E-state index < -0.39 is 6.04 Å². The molecule has 3 aromatic rings. The molecule has 1 atom stereocenters. The van der Waals surface area contributed by atoms with Gasteiger partial charge >= 0.3 is 6.03 Å². The number of hydrogen-bond acceptors (Lipinski definition) is 3. The van der Waals surface area contributed by atoms with Gasteiger partial charge in [-0.2, -0.15) is 0 Å². The van der Waals surface area contributed by atoms with E-state index in [1.165, 1.54) is 10.5 Å². The SMILES string of the molecule is C#CC.CC.Cc1ccc(-c2cnc(C(Cc3ccccc3)N3C(=O)CNC3=O)[nH]2)cc1. The number of nitrogens with one attached hydrogen (secondary N) is 2. The normalized spacial score (nSPS) is 13.2. The number of imidazole rings is 1. The first-order valence-electron chi connectivity index (χ1n) is 10.7. The molecular weight excluding hydrogens is 400 g/mol. The summed E-state index contributed by atoms with van der Waals surface area (Å²) in [4.78, 5) is 33.6. The highest BCUT2D eigenvalue weighted by atomic mass is 16.2. The molecule has 2 aromatic carbocycles. The minimum Gasteiger partial charge on any atom is -0.340 e. The fraction of sp³-hybridized carbons (Fsp3) is 0.269. The zero-order valence-corrected chi connectivity index (χ0v) is 19.1. The lowest BCUT2D eigenvalue weighted by Gasteiger charge is -2.23. The van der Waals surface area contributed by atoms with Gasteiger partial charge in [0, 0.05) is 6.42 Å². The molecule has 6 heteroatoms. The summed E-state index contributed by atoms with van der Waals surface area (Å²) >= 11 is 0. The van der Waals surface area contributed by atoms with Crippen molar-refractivity contribution in [1.82, 2.24) is 20.2 Å². The lowest BCUT2D eigenvalue weighted by atomic mass is 10.0. The molecular formula is C26H30N4O2. The third kappa shape index (κ3) is 6.08. The average Bonchev–Trinajstić information content (AvgIpc) is 3.42. The lowest BCUT2D eigenvalue weighted by Crippen LogP contribution is -2.36. The van der Waals surface area contributed by atoms with E-state index in [4.69, 9.17) is 0 Å². The number of imide groups is 1. The Morgan fingerprint density at radius 2 is 1.72 bits per heavy atom. The van der Waals surface area contributed by atoms with E-state index in [0.29, 0.717) is 12.2 Å². The number of nitrogens with zero attached hydrogens (tertiary/aromatic N) is 2. The molecule has 0 saturated carbocycles. The van der Waals surface area contributed by atoms with Crippen molar-refractivity contribution in [2.75, 3.05) is 6.54 Å². The first kappa shape index (κ1) is 24.4. The van der Waals surface area contributed by atoms with Crippen molar-refractivity contribution >= 4 is 11.9 Å². The number of aromatic amines is 1. The van der Waals surface area contributed by atoms with E-state index in [1.807, 2.05) is 75.4 Å². The molecule has 0 spiro atoms. The van der Waals surface area contributed by atoms with Crippen molar-refractivity contribution in [3.8, 4) is 23.6 Å². The first-order chi connectivity index (χ1) is 15.5. The second-order valence-corrected chi connectivity index (χ2v) is 6.96. The second kappa shape index (κ2) is 12.1. The minimum absolute atomic E-state index is 0.0235. The highest BCUT2D eigenvalue weighted by Crippen LogP contribution is 2.27. The predicted molar refractivity (Wildman–Crippen MR) is 128 cm³/mol. The van der Waals surface area contributed by atoms with Gasteiger partial charge in [-0.25, -0.2) is 9.78 Å². The number of carbonyl (C=O) groups excluding carboxylic acids is 2. The molecule has 6 nitrogen and oxygen atoms in total. The van der Waals surface area contributed by atoms with Gasteiger partial charge in [-0.1, -0.05) is 74.0 Å². The quantitative estimate of drug-likeness (QED) is 0.447. The Balaban J connectivity index is 0.000000671. The van der Waals surface area contributed by atoms with Gasteiger partial charge in [0.1, 0.15) is 11.9 Å². The summed E-state index contributed by atoms with van der Waals surface area (Å²) in [5.74, 6) is 2.61. The van der Waals surface area contributed by atoms with E-state index in [2.05, 4.69) is 27.6 Å². The number of terminal acetylenes is 1. The highest BCUT2D eigenvalue weighted by molar-refractivity contribution is 6.02. The fourth-order valence-electron chi connectivity index (χ4n) is 3.28. The second-order valence-electron chi connectivity index (χ2n) is 6.96. The Kier molecular flexibility index (Phi) is 9.24. The van der Waals surface area contributed by atoms with E-state index in [0.717, 1.165) is 16.8 Å². The van der Waals surface area contributed by atoms with E-state index >= 15 is 0 Å². The number of benzene rings is 2. The Hall–Kier alpha value is -3.85. The van der Waals surface area contributed by atoms with Crippen molar-refractivity contribution < 1.29 is 9.59 Å². The summed E-state index contributed by atoms with van der Waals surface area (Å²) in [7, 11) is 0. The predicted octanol–water partition coefficient (Wildman–Crippen LogP) is 4.89. The van der Waals surface area contributed by atoms with Crippen molar-refractivity contribution in [3.05, 3.63) is 77.7 Å². The molecule has 166 valence electrons. The number of aryl methyl sites for hydroxylation is 1. The minimum atomic E-state index is -0.485. The van der Waals surface area contributed by atoms with Gasteiger partial charge in [0.2, 0.25) is 0 Å². The number of H-pyrrole nitrogens is 1. The number of urea groups is 1. The lowest BCUT2D eigenvalue weighted by molar-refractivity contribution is -0.126. The number of aromatic nitrogens is 2. The van der Waals surface area contributed by atoms with Crippen LogP contribution in [0.25, 0.3) is 11.3 Å². The number of rotatable bonds is 5. The van der Waals surface area contributed by atoms with Crippen LogP contribution in [0.2, 0.25) is 0 Å². The third-order valence-corrected chi connectivity index (χ3v) is 4.74. The Morgan fingerprint density at radius 3 is 2.28 bits per heavy atom. The van der Waals surface area contributed by atoms with Gasteiger partial charge in [0.05, 0.1) is 18.4 Å². The number of carbonyl (C=O) groups is 2. The monoisotopic (exact) mass is 430 g/mol. The molecule has 2 N–H and O–H groups in total. The molecule has 1 saturated heterocycles. The topological polar surface area (TPSA) is 78.1 Å². The molecule has 1 aliphatic heterocycles. The number of amides is 3. The molecule has 2 heterocycles. The fourth-order valence-corrected chi connectivity index (χ4v) is 3.28. The van der Waals surface area contributed by atoms with Crippen LogP contribution in [-0.4, -0.2) is 33.4 Å². The maximum atomic E-state index is 12.3. The zero-order valence-electron chi connectivity index (χ0n) is 19.1. The summed E-state index contributed by atoms with van der Waals surface area (Å²) < 4.78 is 0. The van der Waals surface area contributed by atoms with E-state index in [9.17, 15) is 9.59 Å². The van der Waals surface area contributed by atoms with Crippen LogP contribution in [0.1, 0.15) is 43.8 Å². The van der Waals surface area contributed by atoms with Crippen molar-refractivity contribution in [2.24, 2.45) is 0 Å². The maximum absolute atomic E-state index is 12.3. The molecule has 0 bridgehead atoms. The van der Waals surface area contributed by atoms with Gasteiger partial charge < -0.3 is 10.3 Å². The van der Waals surface area contributed by atoms with Gasteiger partial charge in [0.15, 0.2) is 0 Å². The van der Waals surface area contributed by atoms with Crippen LogP contribution in [-0.2, 0) is 11.2 Å². The van der Waals surface area contributed by atoms with E-state index in [-0.39, 0.29) is 18.5 Å². The van der Waals surface area contributed by atoms with Gasteiger partial charge in [-0.3, -0.25) is 9.69 Å². The zero-order chi connectivity index (χ0) is 23.5. The molecule has 1 aromatic heterocycles. The maximum Gasteiger partial charge on any atom is 0.325 e. The molecule has 3 amide bonds. The molecule has 0 radical (unpaired) electrons. The van der Waals surface area contributed by atoms with Gasteiger partial charge in [-0.05, 0) is 25.0 Å². The van der Waals surface area contributed by atoms with Crippen LogP contribution in [0, 0.1) is 19.3 Å². The van der Waals surface area contributed by atoms with Crippen LogP contribution in [0.4, 0.5) is 4.79 Å². The van der Waals surface area contributed by atoms with Crippen molar-refractivity contribution in [2.45, 2.75) is 40.2 Å². The Morgan fingerprint density at radius 1 is 1.09 bits per heavy atom. The summed E-state index contributed by atoms with van der Waals surface area (Å²) in [6, 6.07) is 17.0. The summed E-state index contributed by atoms with van der Waals surface area (Å²) in [6.45, 7) is 7.71. The highest BCUT2D eigenvalue weighted by Gasteiger charge is 2.37. The molecule has 1 unspecified atom stereocenters. The standard InChI is InChI=1S/C21H20N4O2.C3H4.C2H6/c1-14-7-9-16(10-8-14)17-12-22-20(24-17)18(11-15-5-3-2-4-6-15)25-19(26)13-23-21(25)27;1-3-2;1-2/h2-10,12,18H,11,13H2,1H3,(H,22,24)(H,23,27);1H,2H3;1-2H3. The van der Waals surface area contributed by atoms with Crippen LogP contribution in [0.3, 0.4) is 0 Å². The molecule has 4 rings (SSSR count). The first-order valence-corrected chi connectivity index (χ1v) is 10.7. The molecule has 1 aliphatic rings. The van der Waals surface area contributed by atoms with Gasteiger partial charge in [0.25, 0.3) is 5.91 Å². The summed E-state index contributed by atoms with van der Waals surface area (Å²) in [6.07, 6.45) is 6.84. The average molecular weight is 431 g/mol. The van der Waals surface area contributed by atoms with Crippen LogP contribution in [0.5, 0.6) is 0 Å². The van der Waals surface area contributed by atoms with Crippen molar-refractivity contribution in [1.29, 1.82) is 0 Å². The van der Waals surface area contributed by atoms with Crippen LogP contribution >= 0.6 is 0 Å². The Bertz CT molecular complexity index is 1030. The van der Waals surface area contributed by atoms with Crippen LogP contribution in [0.15, 0.2) is 60.8 Å². The smallest absolute Gasteiger partial charge is 0.325 e. The third-order valence-electron chi connectivity index (χ3n) is 4.74. The van der Waals surface area contributed by atoms with Gasteiger partial charge in [-0.15, -0.1) is 12.3 Å². The largest absolute Gasteiger partial charge is 0.340 e. The molecule has 32 heavy (non-hydrogen) atoms. The number of hydrogen-bond donors (Lipinski definition) is 2.